The van der Waals surface area contributed by atoms with Crippen molar-refractivity contribution in [2.24, 2.45) is 5.73 Å². The van der Waals surface area contributed by atoms with Crippen LogP contribution in [0.15, 0.2) is 23.1 Å². The number of nitrogens with two attached hydrogens (primary N) is 1. The summed E-state index contributed by atoms with van der Waals surface area (Å²) in [5.74, 6) is -0.602. The molecule has 1 unspecified atom stereocenters. The third-order valence-electron chi connectivity index (χ3n) is 2.24. The fourth-order valence-corrected chi connectivity index (χ4v) is 1.90. The van der Waals surface area contributed by atoms with Gasteiger partial charge < -0.3 is 5.73 Å². The highest BCUT2D eigenvalue weighted by atomic mass is 32.2. The molecule has 1 atom stereocenters. The van der Waals surface area contributed by atoms with Gasteiger partial charge in [-0.3, -0.25) is 0 Å². The first-order valence-electron chi connectivity index (χ1n) is 4.55. The summed E-state index contributed by atoms with van der Waals surface area (Å²) in [6.07, 6.45) is 1.05. The minimum atomic E-state index is -3.37. The maximum Gasteiger partial charge on any atom is 0.175 e. The minimum absolute atomic E-state index is 0.00204. The second kappa shape index (κ2) is 4.28. The maximum atomic E-state index is 13.1. The van der Waals surface area contributed by atoms with Gasteiger partial charge in [-0.25, -0.2) is 12.8 Å². The van der Waals surface area contributed by atoms with Crippen molar-refractivity contribution in [2.45, 2.75) is 17.7 Å². The summed E-state index contributed by atoms with van der Waals surface area (Å²) in [4.78, 5) is -0.00204. The van der Waals surface area contributed by atoms with Gasteiger partial charge in [0.1, 0.15) is 5.82 Å². The van der Waals surface area contributed by atoms with Gasteiger partial charge in [0.2, 0.25) is 0 Å². The predicted octanol–water partition coefficient (Wildman–Crippen LogP) is 1.29. The van der Waals surface area contributed by atoms with E-state index < -0.39 is 15.7 Å². The Bertz CT molecular complexity index is 456. The van der Waals surface area contributed by atoms with Crippen molar-refractivity contribution in [2.75, 3.05) is 12.8 Å². The zero-order chi connectivity index (χ0) is 11.6. The molecule has 0 aliphatic rings. The van der Waals surface area contributed by atoms with Crippen molar-refractivity contribution in [3.05, 3.63) is 29.6 Å². The average Bonchev–Trinajstić information content (AvgIpc) is 2.14. The largest absolute Gasteiger partial charge is 0.330 e. The smallest absolute Gasteiger partial charge is 0.175 e. The zero-order valence-electron chi connectivity index (χ0n) is 8.70. The molecule has 15 heavy (non-hydrogen) atoms. The van der Waals surface area contributed by atoms with Crippen LogP contribution in [0.2, 0.25) is 0 Å². The Hall–Kier alpha value is -0.940. The van der Waals surface area contributed by atoms with Crippen molar-refractivity contribution in [3.8, 4) is 0 Å². The molecular formula is C10H14FNO2S. The molecule has 1 aromatic carbocycles. The van der Waals surface area contributed by atoms with Crippen molar-refractivity contribution >= 4 is 9.84 Å². The molecule has 0 aliphatic carbocycles. The van der Waals surface area contributed by atoms with Gasteiger partial charge in [-0.15, -0.1) is 0 Å². The Morgan fingerprint density at radius 1 is 1.40 bits per heavy atom. The van der Waals surface area contributed by atoms with E-state index >= 15 is 0 Å². The van der Waals surface area contributed by atoms with Crippen molar-refractivity contribution in [1.29, 1.82) is 0 Å². The van der Waals surface area contributed by atoms with E-state index in [2.05, 4.69) is 0 Å². The van der Waals surface area contributed by atoms with E-state index in [0.29, 0.717) is 12.1 Å². The van der Waals surface area contributed by atoms with Crippen LogP contribution < -0.4 is 5.73 Å². The molecule has 0 aliphatic heterocycles. The molecule has 0 radical (unpaired) electrons. The van der Waals surface area contributed by atoms with Crippen LogP contribution in [0.1, 0.15) is 18.4 Å². The second-order valence-electron chi connectivity index (χ2n) is 3.63. The van der Waals surface area contributed by atoms with E-state index in [4.69, 9.17) is 5.73 Å². The molecule has 0 bridgehead atoms. The molecule has 0 fully saturated rings. The molecule has 0 saturated carbocycles. The van der Waals surface area contributed by atoms with E-state index in [9.17, 15) is 12.8 Å². The first kappa shape index (κ1) is 12.1. The fraction of sp³-hybridized carbons (Fsp3) is 0.400. The summed E-state index contributed by atoms with van der Waals surface area (Å²) < 4.78 is 35.7. The lowest BCUT2D eigenvalue weighted by Crippen LogP contribution is -2.10. The van der Waals surface area contributed by atoms with Crippen LogP contribution in [0.4, 0.5) is 4.39 Å². The SMILES string of the molecule is CC(CN)c1cc(F)cc(S(C)(=O)=O)c1. The van der Waals surface area contributed by atoms with Gasteiger partial charge in [0.05, 0.1) is 4.90 Å². The fourth-order valence-electron chi connectivity index (χ4n) is 1.22. The molecule has 2 N–H and O–H groups in total. The maximum absolute atomic E-state index is 13.1. The Kier molecular flexibility index (Phi) is 3.46. The molecule has 84 valence electrons. The lowest BCUT2D eigenvalue weighted by Gasteiger charge is -2.10. The molecule has 5 heteroatoms. The summed E-state index contributed by atoms with van der Waals surface area (Å²) in [6.45, 7) is 2.17. The molecule has 1 aromatic rings. The number of hydrogen-bond acceptors (Lipinski definition) is 3. The van der Waals surface area contributed by atoms with Gasteiger partial charge in [-0.1, -0.05) is 6.92 Å². The van der Waals surface area contributed by atoms with Crippen molar-refractivity contribution < 1.29 is 12.8 Å². The first-order valence-corrected chi connectivity index (χ1v) is 6.44. The lowest BCUT2D eigenvalue weighted by atomic mass is 10.0. The molecule has 0 saturated heterocycles. The molecule has 0 spiro atoms. The van der Waals surface area contributed by atoms with Gasteiger partial charge in [0, 0.05) is 6.26 Å². The number of sulfone groups is 1. The first-order chi connectivity index (χ1) is 6.84. The summed E-state index contributed by atoms with van der Waals surface area (Å²) >= 11 is 0. The van der Waals surface area contributed by atoms with E-state index in [1.807, 2.05) is 6.92 Å². The quantitative estimate of drug-likeness (QED) is 0.852. The van der Waals surface area contributed by atoms with Crippen LogP contribution in [-0.4, -0.2) is 21.2 Å². The summed E-state index contributed by atoms with van der Waals surface area (Å²) in [7, 11) is -3.37. The van der Waals surface area contributed by atoms with Crippen LogP contribution in [0, 0.1) is 5.82 Å². The van der Waals surface area contributed by atoms with Crippen LogP contribution in [0.3, 0.4) is 0 Å². The third-order valence-corrected chi connectivity index (χ3v) is 3.34. The zero-order valence-corrected chi connectivity index (χ0v) is 9.51. The topological polar surface area (TPSA) is 60.2 Å². The van der Waals surface area contributed by atoms with Gasteiger partial charge in [0.15, 0.2) is 9.84 Å². The highest BCUT2D eigenvalue weighted by molar-refractivity contribution is 7.90. The Labute approximate surface area is 89.0 Å². The molecular weight excluding hydrogens is 217 g/mol. The molecule has 0 aromatic heterocycles. The van der Waals surface area contributed by atoms with Gasteiger partial charge in [0.25, 0.3) is 0 Å². The molecule has 0 heterocycles. The van der Waals surface area contributed by atoms with Gasteiger partial charge in [-0.05, 0) is 36.2 Å². The standard InChI is InChI=1S/C10H14FNO2S/c1-7(6-12)8-3-9(11)5-10(4-8)15(2,13)14/h3-5,7H,6,12H2,1-2H3. The van der Waals surface area contributed by atoms with E-state index in [-0.39, 0.29) is 10.8 Å². The van der Waals surface area contributed by atoms with Crippen LogP contribution >= 0.6 is 0 Å². The van der Waals surface area contributed by atoms with Crippen molar-refractivity contribution in [3.63, 3.8) is 0 Å². The average molecular weight is 231 g/mol. The third kappa shape index (κ3) is 3.00. The Morgan fingerprint density at radius 2 is 2.00 bits per heavy atom. The van der Waals surface area contributed by atoms with Gasteiger partial charge in [-0.2, -0.15) is 0 Å². The molecule has 0 amide bonds. The van der Waals surface area contributed by atoms with Crippen LogP contribution in [0.5, 0.6) is 0 Å². The van der Waals surface area contributed by atoms with E-state index in [1.165, 1.54) is 12.1 Å². The highest BCUT2D eigenvalue weighted by Crippen LogP contribution is 2.20. The predicted molar refractivity (Wildman–Crippen MR) is 57.0 cm³/mol. The van der Waals surface area contributed by atoms with Gasteiger partial charge >= 0.3 is 0 Å². The Balaban J connectivity index is 3.29. The summed E-state index contributed by atoms with van der Waals surface area (Å²) in [5, 5.41) is 0. The second-order valence-corrected chi connectivity index (χ2v) is 5.64. The van der Waals surface area contributed by atoms with Crippen LogP contribution in [0.25, 0.3) is 0 Å². The summed E-state index contributed by atoms with van der Waals surface area (Å²) in [6, 6.07) is 3.80. The van der Waals surface area contributed by atoms with Crippen LogP contribution in [-0.2, 0) is 9.84 Å². The Morgan fingerprint density at radius 3 is 2.47 bits per heavy atom. The summed E-state index contributed by atoms with van der Waals surface area (Å²) in [5.41, 5.74) is 6.05. The lowest BCUT2D eigenvalue weighted by molar-refractivity contribution is 0.593. The monoisotopic (exact) mass is 231 g/mol. The molecule has 3 nitrogen and oxygen atoms in total. The molecule has 1 rings (SSSR count). The number of rotatable bonds is 3. The number of hydrogen-bond donors (Lipinski definition) is 1. The number of halogens is 1. The highest BCUT2D eigenvalue weighted by Gasteiger charge is 2.12. The normalized spacial score (nSPS) is 13.9. The van der Waals surface area contributed by atoms with E-state index in [1.54, 1.807) is 0 Å². The van der Waals surface area contributed by atoms with Crippen molar-refractivity contribution in [1.82, 2.24) is 0 Å². The minimum Gasteiger partial charge on any atom is -0.330 e. The number of benzene rings is 1. The van der Waals surface area contributed by atoms with E-state index in [0.717, 1.165) is 12.3 Å².